The van der Waals surface area contributed by atoms with E-state index in [1.54, 1.807) is 12.4 Å². The molecule has 0 radical (unpaired) electrons. The van der Waals surface area contributed by atoms with Crippen LogP contribution in [0.2, 0.25) is 0 Å². The molecule has 2 saturated heterocycles. The van der Waals surface area contributed by atoms with Gasteiger partial charge in [-0.25, -0.2) is 0 Å². The number of aromatic nitrogens is 1. The quantitative estimate of drug-likeness (QED) is 0.641. The van der Waals surface area contributed by atoms with E-state index in [-0.39, 0.29) is 17.0 Å². The number of morpholine rings is 1. The number of carbonyl (C=O) groups is 2. The van der Waals surface area contributed by atoms with E-state index in [1.807, 2.05) is 16.4 Å². The van der Waals surface area contributed by atoms with Crippen molar-refractivity contribution in [3.8, 4) is 0 Å². The van der Waals surface area contributed by atoms with E-state index in [0.29, 0.717) is 37.5 Å². The van der Waals surface area contributed by atoms with Crippen molar-refractivity contribution in [1.29, 1.82) is 0 Å². The molecule has 3 heterocycles. The summed E-state index contributed by atoms with van der Waals surface area (Å²) in [6, 6.07) is 0.463. The van der Waals surface area contributed by atoms with E-state index in [2.05, 4.69) is 17.1 Å². The molecule has 194 valence electrons. The van der Waals surface area contributed by atoms with Crippen LogP contribution in [0.5, 0.6) is 0 Å². The van der Waals surface area contributed by atoms with Crippen LogP contribution in [0.15, 0.2) is 17.2 Å². The van der Waals surface area contributed by atoms with Gasteiger partial charge in [-0.1, -0.05) is 19.3 Å². The Morgan fingerprint density at radius 3 is 2.31 bits per heavy atom. The van der Waals surface area contributed by atoms with Gasteiger partial charge >= 0.3 is 0 Å². The number of hydrogen-bond donors (Lipinski definition) is 1. The average Bonchev–Trinajstić information content (AvgIpc) is 2.90. The summed E-state index contributed by atoms with van der Waals surface area (Å²) in [6.07, 6.45) is 11.2. The minimum absolute atomic E-state index is 0.0735. The normalized spacial score (nSPS) is 21.6. The Morgan fingerprint density at radius 1 is 1.00 bits per heavy atom. The van der Waals surface area contributed by atoms with Crippen LogP contribution in [0, 0.1) is 11.8 Å². The molecule has 1 saturated carbocycles. The zero-order chi connectivity index (χ0) is 24.8. The van der Waals surface area contributed by atoms with Crippen LogP contribution in [-0.4, -0.2) is 78.2 Å². The van der Waals surface area contributed by atoms with Crippen molar-refractivity contribution in [2.45, 2.75) is 71.4 Å². The fraction of sp³-hybridized carbons (Fsp3) is 0.741. The predicted molar refractivity (Wildman–Crippen MR) is 136 cm³/mol. The number of hydrogen-bond acceptors (Lipinski definition) is 5. The highest BCUT2D eigenvalue weighted by molar-refractivity contribution is 5.99. The number of carbonyl (C=O) groups excluding carboxylic acids is 2. The van der Waals surface area contributed by atoms with Gasteiger partial charge in [0.15, 0.2) is 0 Å². The molecule has 35 heavy (non-hydrogen) atoms. The Kier molecular flexibility index (Phi) is 9.00. The van der Waals surface area contributed by atoms with Crippen LogP contribution in [0.1, 0.15) is 79.5 Å². The van der Waals surface area contributed by atoms with Crippen molar-refractivity contribution in [2.24, 2.45) is 11.8 Å². The SMILES string of the molecule is CCNC(=O)c1cn(CC2CCCCC2)cc(C(=O)N2CCC(C(C)N3CCOCC3)CC2)c1=O. The molecular weight excluding hydrogens is 444 g/mol. The lowest BCUT2D eigenvalue weighted by Crippen LogP contribution is -2.49. The maximum Gasteiger partial charge on any atom is 0.259 e. The molecule has 1 atom stereocenters. The maximum absolute atomic E-state index is 13.5. The summed E-state index contributed by atoms with van der Waals surface area (Å²) in [7, 11) is 0. The van der Waals surface area contributed by atoms with Crippen LogP contribution in [0.25, 0.3) is 0 Å². The molecular formula is C27H42N4O4. The van der Waals surface area contributed by atoms with E-state index < -0.39 is 11.3 Å². The Morgan fingerprint density at radius 2 is 1.66 bits per heavy atom. The number of nitrogens with zero attached hydrogens (tertiary/aromatic N) is 3. The summed E-state index contributed by atoms with van der Waals surface area (Å²) in [5, 5.41) is 2.74. The molecule has 2 aliphatic heterocycles. The monoisotopic (exact) mass is 486 g/mol. The molecule has 4 rings (SSSR count). The van der Waals surface area contributed by atoms with Crippen LogP contribution < -0.4 is 10.7 Å². The number of likely N-dealkylation sites (tertiary alicyclic amines) is 1. The van der Waals surface area contributed by atoms with E-state index in [1.165, 1.54) is 19.3 Å². The first kappa shape index (κ1) is 25.9. The minimum Gasteiger partial charge on any atom is -0.379 e. The number of nitrogens with one attached hydrogen (secondary N) is 1. The van der Waals surface area contributed by atoms with Gasteiger partial charge in [-0.2, -0.15) is 0 Å². The summed E-state index contributed by atoms with van der Waals surface area (Å²) in [4.78, 5) is 43.8. The molecule has 2 amide bonds. The van der Waals surface area contributed by atoms with E-state index in [0.717, 1.165) is 58.5 Å². The third-order valence-electron chi connectivity index (χ3n) is 8.22. The maximum atomic E-state index is 13.5. The fourth-order valence-electron chi connectivity index (χ4n) is 6.01. The molecule has 0 spiro atoms. The van der Waals surface area contributed by atoms with E-state index in [9.17, 15) is 14.4 Å². The standard InChI is InChI=1S/C27H42N4O4/c1-3-28-26(33)23-18-29(17-21-7-5-4-6-8-21)19-24(25(23)32)27(34)31-11-9-22(10-12-31)20(2)30-13-15-35-16-14-30/h18-22H,3-17H2,1-2H3,(H,28,33). The number of pyridine rings is 1. The second-order valence-electron chi connectivity index (χ2n) is 10.5. The number of piperidine rings is 1. The van der Waals surface area contributed by atoms with Crippen molar-refractivity contribution in [3.63, 3.8) is 0 Å². The van der Waals surface area contributed by atoms with Gasteiger partial charge in [0.05, 0.1) is 13.2 Å². The average molecular weight is 487 g/mol. The highest BCUT2D eigenvalue weighted by Crippen LogP contribution is 2.27. The van der Waals surface area contributed by atoms with Gasteiger partial charge < -0.3 is 19.5 Å². The van der Waals surface area contributed by atoms with Crippen molar-refractivity contribution in [2.75, 3.05) is 45.9 Å². The van der Waals surface area contributed by atoms with Crippen LogP contribution in [0.3, 0.4) is 0 Å². The van der Waals surface area contributed by atoms with Gasteiger partial charge in [-0.3, -0.25) is 19.3 Å². The van der Waals surface area contributed by atoms with Gasteiger partial charge in [0, 0.05) is 57.7 Å². The smallest absolute Gasteiger partial charge is 0.259 e. The number of ether oxygens (including phenoxy) is 1. The van der Waals surface area contributed by atoms with Crippen LogP contribution >= 0.6 is 0 Å². The molecule has 1 aromatic rings. The van der Waals surface area contributed by atoms with Crippen molar-refractivity contribution < 1.29 is 14.3 Å². The molecule has 8 nitrogen and oxygen atoms in total. The molecule has 8 heteroatoms. The van der Waals surface area contributed by atoms with Gasteiger partial charge in [0.25, 0.3) is 11.8 Å². The Bertz CT molecular complexity index is 926. The molecule has 1 aliphatic carbocycles. The molecule has 1 unspecified atom stereocenters. The highest BCUT2D eigenvalue weighted by Gasteiger charge is 2.32. The summed E-state index contributed by atoms with van der Waals surface area (Å²) >= 11 is 0. The highest BCUT2D eigenvalue weighted by atomic mass is 16.5. The third kappa shape index (κ3) is 6.33. The van der Waals surface area contributed by atoms with Crippen LogP contribution in [-0.2, 0) is 11.3 Å². The Labute approximate surface area is 209 Å². The Hall–Kier alpha value is -2.19. The lowest BCUT2D eigenvalue weighted by Gasteiger charge is -2.41. The fourth-order valence-corrected chi connectivity index (χ4v) is 6.01. The summed E-state index contributed by atoms with van der Waals surface area (Å²) < 4.78 is 7.41. The topological polar surface area (TPSA) is 83.9 Å². The minimum atomic E-state index is -0.454. The largest absolute Gasteiger partial charge is 0.379 e. The van der Waals surface area contributed by atoms with E-state index >= 15 is 0 Å². The predicted octanol–water partition coefficient (Wildman–Crippen LogP) is 2.75. The van der Waals surface area contributed by atoms with Gasteiger partial charge in [0.2, 0.25) is 5.43 Å². The first-order valence-corrected chi connectivity index (χ1v) is 13.6. The van der Waals surface area contributed by atoms with Crippen molar-refractivity contribution in [3.05, 3.63) is 33.7 Å². The second-order valence-corrected chi connectivity index (χ2v) is 10.5. The molecule has 1 N–H and O–H groups in total. The Balaban J connectivity index is 1.48. The third-order valence-corrected chi connectivity index (χ3v) is 8.22. The lowest BCUT2D eigenvalue weighted by molar-refractivity contribution is -0.000964. The van der Waals surface area contributed by atoms with Crippen LogP contribution in [0.4, 0.5) is 0 Å². The number of rotatable bonds is 7. The molecule has 0 bridgehead atoms. The first-order valence-electron chi connectivity index (χ1n) is 13.6. The second kappa shape index (κ2) is 12.2. The zero-order valence-electron chi connectivity index (χ0n) is 21.5. The number of amides is 2. The van der Waals surface area contributed by atoms with Gasteiger partial charge in [-0.15, -0.1) is 0 Å². The zero-order valence-corrected chi connectivity index (χ0v) is 21.5. The van der Waals surface area contributed by atoms with Crippen molar-refractivity contribution >= 4 is 11.8 Å². The molecule has 3 aliphatic rings. The lowest BCUT2D eigenvalue weighted by atomic mass is 9.88. The summed E-state index contributed by atoms with van der Waals surface area (Å²) in [5.41, 5.74) is -0.252. The summed E-state index contributed by atoms with van der Waals surface area (Å²) in [6.45, 7) is 10.1. The molecule has 1 aromatic heterocycles. The van der Waals surface area contributed by atoms with Gasteiger partial charge in [0.1, 0.15) is 11.1 Å². The van der Waals surface area contributed by atoms with E-state index in [4.69, 9.17) is 4.74 Å². The van der Waals surface area contributed by atoms with Crippen molar-refractivity contribution in [1.82, 2.24) is 19.7 Å². The molecule has 3 fully saturated rings. The molecule has 0 aromatic carbocycles. The summed E-state index contributed by atoms with van der Waals surface area (Å²) in [5.74, 6) is 0.411. The van der Waals surface area contributed by atoms with Gasteiger partial charge in [-0.05, 0) is 51.4 Å². The first-order chi connectivity index (χ1) is 17.0.